The summed E-state index contributed by atoms with van der Waals surface area (Å²) in [6, 6.07) is -0.751. The Kier molecular flexibility index (Phi) is 46.9. The van der Waals surface area contributed by atoms with Gasteiger partial charge in [0.05, 0.1) is 25.2 Å². The molecule has 1 amide bonds. The number of esters is 1. The first-order valence-electron chi connectivity index (χ1n) is 25.5. The Bertz CT molecular complexity index is 1410. The highest BCUT2D eigenvalue weighted by molar-refractivity contribution is 5.77. The molecule has 0 saturated heterocycles. The van der Waals surface area contributed by atoms with Gasteiger partial charge in [0.1, 0.15) is 6.10 Å². The lowest BCUT2D eigenvalue weighted by molar-refractivity contribution is -0.150. The summed E-state index contributed by atoms with van der Waals surface area (Å²) in [4.78, 5) is 26.1. The molecule has 360 valence electrons. The summed E-state index contributed by atoms with van der Waals surface area (Å²) in [5.41, 5.74) is 0. The van der Waals surface area contributed by atoms with Gasteiger partial charge >= 0.3 is 5.97 Å². The van der Waals surface area contributed by atoms with Crippen LogP contribution in [-0.2, 0) is 14.3 Å². The number of amides is 1. The number of allylic oxidation sites excluding steroid dienone is 21. The van der Waals surface area contributed by atoms with Gasteiger partial charge in [0, 0.05) is 12.8 Å². The van der Waals surface area contributed by atoms with E-state index in [0.717, 1.165) is 83.5 Å². The summed E-state index contributed by atoms with van der Waals surface area (Å²) < 4.78 is 5.84. The van der Waals surface area contributed by atoms with E-state index in [4.69, 9.17) is 4.74 Å². The second kappa shape index (κ2) is 50.0. The number of rotatable bonds is 43. The Hall–Kier alpha value is -4.00. The fourth-order valence-electron chi connectivity index (χ4n) is 6.84. The van der Waals surface area contributed by atoms with Crippen LogP contribution >= 0.6 is 0 Å². The Morgan fingerprint density at radius 1 is 0.500 bits per heavy atom. The lowest BCUT2D eigenvalue weighted by Gasteiger charge is -2.24. The van der Waals surface area contributed by atoms with Crippen LogP contribution in [0.4, 0.5) is 0 Å². The summed E-state index contributed by atoms with van der Waals surface area (Å²) >= 11 is 0. The van der Waals surface area contributed by atoms with Crippen LogP contribution in [0.15, 0.2) is 134 Å². The second-order valence-corrected chi connectivity index (χ2v) is 16.6. The SMILES string of the molecule is CC\C=C/C=C/C=C/C=C\C=C\C=C\CCCCCC(=O)OC(C/C=C\C/C=C\C/C=C\C/C=C\C/C=C\CC)CC(=O)NC(CO)C(O)CCCCCCCCCCCCCCC. The van der Waals surface area contributed by atoms with Crippen molar-refractivity contribution in [3.8, 4) is 0 Å². The fraction of sp³-hybridized carbons (Fsp3) is 0.586. The number of hydrogen-bond acceptors (Lipinski definition) is 5. The Balaban J connectivity index is 4.85. The average molecular weight is 884 g/mol. The minimum atomic E-state index is -0.829. The molecule has 0 aromatic carbocycles. The van der Waals surface area contributed by atoms with Crippen LogP contribution in [0.2, 0.25) is 0 Å². The van der Waals surface area contributed by atoms with E-state index in [9.17, 15) is 19.8 Å². The van der Waals surface area contributed by atoms with Crippen molar-refractivity contribution in [1.82, 2.24) is 5.32 Å². The number of carbonyl (C=O) groups excluding carboxylic acids is 2. The predicted octanol–water partition coefficient (Wildman–Crippen LogP) is 15.4. The standard InChI is InChI=1S/C58H93NO5/c1-4-7-10-13-16-19-22-25-27-28-30-33-36-39-42-45-48-51-58(63)64-54(49-46-43-40-37-34-32-29-26-23-20-17-14-11-8-5-2)52-57(62)59-55(53-60)56(61)50-47-44-41-38-35-31-24-21-18-15-12-9-6-3/h7-8,10-11,13,16-17,19-20,22,25-30,33-34,36-37,43,46,54-56,60-61H,4-6,9,12,14-15,18,21,23-24,31-32,35,38-42,44-45,47-53H2,1-3H3,(H,59,62)/b10-7-,11-8-,16-13+,20-17-,22-19+,27-25-,29-26-,30-28+,36-33+,37-34-,46-43-. The van der Waals surface area contributed by atoms with E-state index in [-0.39, 0.29) is 24.9 Å². The highest BCUT2D eigenvalue weighted by atomic mass is 16.5. The van der Waals surface area contributed by atoms with Crippen LogP contribution in [0.3, 0.4) is 0 Å². The first kappa shape index (κ1) is 60.0. The molecule has 0 radical (unpaired) electrons. The highest BCUT2D eigenvalue weighted by Crippen LogP contribution is 2.15. The van der Waals surface area contributed by atoms with E-state index in [1.165, 1.54) is 64.2 Å². The molecular formula is C58H93NO5. The smallest absolute Gasteiger partial charge is 0.306 e. The van der Waals surface area contributed by atoms with Crippen molar-refractivity contribution in [3.05, 3.63) is 134 Å². The number of aliphatic hydroxyl groups excluding tert-OH is 2. The maximum absolute atomic E-state index is 13.2. The van der Waals surface area contributed by atoms with Gasteiger partial charge in [-0.15, -0.1) is 0 Å². The Morgan fingerprint density at radius 2 is 0.938 bits per heavy atom. The van der Waals surface area contributed by atoms with E-state index in [2.05, 4.69) is 86.8 Å². The van der Waals surface area contributed by atoms with Crippen LogP contribution in [-0.4, -0.2) is 46.9 Å². The maximum atomic E-state index is 13.2. The van der Waals surface area contributed by atoms with Crippen molar-refractivity contribution in [3.63, 3.8) is 0 Å². The first-order valence-corrected chi connectivity index (χ1v) is 25.5. The molecule has 0 saturated carbocycles. The van der Waals surface area contributed by atoms with E-state index < -0.39 is 18.2 Å². The summed E-state index contributed by atoms with van der Waals surface area (Å²) in [6.07, 6.45) is 70.9. The molecule has 0 heterocycles. The van der Waals surface area contributed by atoms with E-state index >= 15 is 0 Å². The predicted molar refractivity (Wildman–Crippen MR) is 277 cm³/mol. The van der Waals surface area contributed by atoms with Crippen LogP contribution in [0.1, 0.15) is 194 Å². The minimum absolute atomic E-state index is 0.0283. The van der Waals surface area contributed by atoms with Crippen molar-refractivity contribution >= 4 is 11.9 Å². The molecule has 0 rings (SSSR count). The molecule has 0 aromatic heterocycles. The lowest BCUT2D eigenvalue weighted by Crippen LogP contribution is -2.46. The van der Waals surface area contributed by atoms with Gasteiger partial charge in [-0.3, -0.25) is 9.59 Å². The Morgan fingerprint density at radius 3 is 1.44 bits per heavy atom. The molecule has 0 aromatic rings. The molecule has 0 aliphatic rings. The third-order valence-electron chi connectivity index (χ3n) is 10.6. The first-order chi connectivity index (χ1) is 31.5. The third-order valence-corrected chi connectivity index (χ3v) is 10.6. The number of aliphatic hydroxyl groups is 2. The van der Waals surface area contributed by atoms with Crippen molar-refractivity contribution in [2.24, 2.45) is 0 Å². The molecule has 0 spiro atoms. The summed E-state index contributed by atoms with van der Waals surface area (Å²) in [6.45, 7) is 6.17. The Labute approximate surface area is 393 Å². The number of hydrogen-bond donors (Lipinski definition) is 3. The second-order valence-electron chi connectivity index (χ2n) is 16.6. The largest absolute Gasteiger partial charge is 0.461 e. The van der Waals surface area contributed by atoms with Crippen LogP contribution < -0.4 is 5.32 Å². The van der Waals surface area contributed by atoms with E-state index in [1.54, 1.807) is 0 Å². The zero-order valence-corrected chi connectivity index (χ0v) is 40.9. The molecule has 0 bridgehead atoms. The molecule has 0 fully saturated rings. The molecular weight excluding hydrogens is 791 g/mol. The average Bonchev–Trinajstić information content (AvgIpc) is 3.29. The van der Waals surface area contributed by atoms with Gasteiger partial charge < -0.3 is 20.3 Å². The van der Waals surface area contributed by atoms with Crippen molar-refractivity contribution in [1.29, 1.82) is 0 Å². The van der Waals surface area contributed by atoms with Gasteiger partial charge in [0.15, 0.2) is 0 Å². The third kappa shape index (κ3) is 44.6. The van der Waals surface area contributed by atoms with E-state index in [1.807, 2.05) is 72.9 Å². The molecule has 3 N–H and O–H groups in total. The van der Waals surface area contributed by atoms with Gasteiger partial charge in [-0.05, 0) is 64.2 Å². The zero-order valence-electron chi connectivity index (χ0n) is 40.9. The van der Waals surface area contributed by atoms with Gasteiger partial charge in [-0.1, -0.05) is 244 Å². The highest BCUT2D eigenvalue weighted by Gasteiger charge is 2.23. The minimum Gasteiger partial charge on any atom is -0.461 e. The van der Waals surface area contributed by atoms with Crippen LogP contribution in [0.25, 0.3) is 0 Å². The number of carbonyl (C=O) groups is 2. The summed E-state index contributed by atoms with van der Waals surface area (Å²) in [5.74, 6) is -0.646. The zero-order chi connectivity index (χ0) is 46.7. The maximum Gasteiger partial charge on any atom is 0.306 e. The lowest BCUT2D eigenvalue weighted by atomic mass is 10.0. The molecule has 3 unspecified atom stereocenters. The number of unbranched alkanes of at least 4 members (excludes halogenated alkanes) is 15. The molecule has 0 aliphatic carbocycles. The van der Waals surface area contributed by atoms with Crippen molar-refractivity contribution in [2.45, 2.75) is 212 Å². The van der Waals surface area contributed by atoms with Crippen LogP contribution in [0.5, 0.6) is 0 Å². The fourth-order valence-corrected chi connectivity index (χ4v) is 6.84. The topological polar surface area (TPSA) is 95.9 Å². The molecule has 64 heavy (non-hydrogen) atoms. The quantitative estimate of drug-likeness (QED) is 0.0245. The molecule has 6 nitrogen and oxygen atoms in total. The summed E-state index contributed by atoms with van der Waals surface area (Å²) in [5, 5.41) is 23.7. The summed E-state index contributed by atoms with van der Waals surface area (Å²) in [7, 11) is 0. The van der Waals surface area contributed by atoms with Gasteiger partial charge in [-0.25, -0.2) is 0 Å². The van der Waals surface area contributed by atoms with Gasteiger partial charge in [0.2, 0.25) is 5.91 Å². The molecule has 6 heteroatoms. The number of nitrogens with one attached hydrogen (secondary N) is 1. The van der Waals surface area contributed by atoms with Crippen molar-refractivity contribution < 1.29 is 24.5 Å². The molecule has 0 aliphatic heterocycles. The van der Waals surface area contributed by atoms with Crippen molar-refractivity contribution in [2.75, 3.05) is 6.61 Å². The van der Waals surface area contributed by atoms with Gasteiger partial charge in [-0.2, -0.15) is 0 Å². The van der Waals surface area contributed by atoms with Gasteiger partial charge in [0.25, 0.3) is 0 Å². The van der Waals surface area contributed by atoms with E-state index in [0.29, 0.717) is 19.3 Å². The molecule has 3 atom stereocenters. The van der Waals surface area contributed by atoms with Crippen LogP contribution in [0, 0.1) is 0 Å². The monoisotopic (exact) mass is 884 g/mol. The normalized spacial score (nSPS) is 14.4. The number of ether oxygens (including phenoxy) is 1.